The van der Waals surface area contributed by atoms with Crippen molar-refractivity contribution >= 4 is 52.1 Å². The summed E-state index contributed by atoms with van der Waals surface area (Å²) in [5.41, 5.74) is 2.17. The van der Waals surface area contributed by atoms with Crippen LogP contribution in [-0.4, -0.2) is 28.0 Å². The first-order valence-corrected chi connectivity index (χ1v) is 9.16. The minimum atomic E-state index is -1.08. The number of carbonyl (C=O) groups is 2. The average molecular weight is 404 g/mol. The number of para-hydroxylation sites is 2. The van der Waals surface area contributed by atoms with Crippen LogP contribution in [0, 0.1) is 5.92 Å². The Morgan fingerprint density at radius 3 is 2.74 bits per heavy atom. The summed E-state index contributed by atoms with van der Waals surface area (Å²) in [6, 6.07) is 11.9. The summed E-state index contributed by atoms with van der Waals surface area (Å²) in [5, 5.41) is 3.45. The second-order valence-electron chi connectivity index (χ2n) is 6.13. The summed E-state index contributed by atoms with van der Waals surface area (Å²) >= 11 is 12.3. The van der Waals surface area contributed by atoms with E-state index in [1.807, 2.05) is 28.8 Å². The van der Waals surface area contributed by atoms with Crippen molar-refractivity contribution in [1.82, 2.24) is 9.55 Å². The van der Waals surface area contributed by atoms with Crippen LogP contribution in [0.1, 0.15) is 18.5 Å². The summed E-state index contributed by atoms with van der Waals surface area (Å²) < 4.78 is 7.00. The van der Waals surface area contributed by atoms with Gasteiger partial charge in [0, 0.05) is 0 Å². The molecule has 2 heterocycles. The van der Waals surface area contributed by atoms with Gasteiger partial charge in [0.2, 0.25) is 11.9 Å². The fourth-order valence-corrected chi connectivity index (χ4v) is 3.71. The van der Waals surface area contributed by atoms with Gasteiger partial charge in [0.15, 0.2) is 5.92 Å². The number of anilines is 1. The van der Waals surface area contributed by atoms with Crippen molar-refractivity contribution in [2.75, 3.05) is 11.9 Å². The molecular formula is C19H15Cl2N3O3. The van der Waals surface area contributed by atoms with Crippen molar-refractivity contribution in [3.63, 3.8) is 0 Å². The summed E-state index contributed by atoms with van der Waals surface area (Å²) in [5.74, 6) is -1.77. The van der Waals surface area contributed by atoms with E-state index in [-0.39, 0.29) is 6.61 Å². The van der Waals surface area contributed by atoms with E-state index in [1.165, 1.54) is 0 Å². The molecule has 6 nitrogen and oxygen atoms in total. The Hall–Kier alpha value is -2.57. The van der Waals surface area contributed by atoms with Crippen molar-refractivity contribution < 1.29 is 14.3 Å². The highest BCUT2D eigenvalue weighted by molar-refractivity contribution is 6.42. The van der Waals surface area contributed by atoms with E-state index in [0.717, 1.165) is 5.52 Å². The number of nitrogens with zero attached hydrogens (tertiary/aromatic N) is 2. The molecule has 0 saturated heterocycles. The van der Waals surface area contributed by atoms with Gasteiger partial charge in [-0.2, -0.15) is 0 Å². The Kier molecular flexibility index (Phi) is 4.53. The highest BCUT2D eigenvalue weighted by Crippen LogP contribution is 2.40. The molecule has 3 aromatic rings. The van der Waals surface area contributed by atoms with Crippen LogP contribution in [0.4, 0.5) is 5.95 Å². The molecule has 1 N–H and O–H groups in total. The fraction of sp³-hybridized carbons (Fsp3) is 0.211. The highest BCUT2D eigenvalue weighted by Gasteiger charge is 2.44. The Labute approximate surface area is 165 Å². The minimum absolute atomic E-state index is 0.175. The molecule has 0 fully saturated rings. The molecule has 0 spiro atoms. The number of amides is 1. The molecule has 1 amide bonds. The SMILES string of the molecule is CCOC(=O)[C@H]1C(=O)Nc2nc3ccccc3n2[C@@H]1c1ccc(Cl)c(Cl)c1. The quantitative estimate of drug-likeness (QED) is 0.528. The van der Waals surface area contributed by atoms with Crippen molar-refractivity contribution in [1.29, 1.82) is 0 Å². The molecule has 0 aliphatic carbocycles. The lowest BCUT2D eigenvalue weighted by Gasteiger charge is -2.32. The number of aromatic nitrogens is 2. The molecule has 1 aliphatic heterocycles. The van der Waals surface area contributed by atoms with Crippen LogP contribution in [0.5, 0.6) is 0 Å². The maximum atomic E-state index is 12.8. The normalized spacial score (nSPS) is 18.9. The number of nitrogens with one attached hydrogen (secondary N) is 1. The molecule has 2 aromatic carbocycles. The monoisotopic (exact) mass is 403 g/mol. The van der Waals surface area contributed by atoms with Gasteiger partial charge in [-0.25, -0.2) is 4.98 Å². The molecule has 0 bridgehead atoms. The van der Waals surface area contributed by atoms with E-state index in [4.69, 9.17) is 27.9 Å². The number of benzene rings is 2. The minimum Gasteiger partial charge on any atom is -0.465 e. The predicted molar refractivity (Wildman–Crippen MR) is 103 cm³/mol. The van der Waals surface area contributed by atoms with E-state index in [1.54, 1.807) is 25.1 Å². The number of hydrogen-bond donors (Lipinski definition) is 1. The van der Waals surface area contributed by atoms with Crippen molar-refractivity contribution in [3.8, 4) is 0 Å². The number of carbonyl (C=O) groups excluding carboxylic acids is 2. The van der Waals surface area contributed by atoms with Gasteiger partial charge in [-0.05, 0) is 36.8 Å². The number of imidazole rings is 1. The standard InChI is InChI=1S/C19H15Cl2N3O3/c1-2-27-18(26)15-16(10-7-8-11(20)12(21)9-10)24-14-6-4-3-5-13(14)22-19(24)23-17(15)25/h3-9,15-16H,2H2,1H3,(H,22,23,25)/t15-,16-/m1/s1. The lowest BCUT2D eigenvalue weighted by molar-refractivity contribution is -0.152. The third kappa shape index (κ3) is 2.95. The Morgan fingerprint density at radius 1 is 1.22 bits per heavy atom. The molecule has 2 atom stereocenters. The number of hydrogen-bond acceptors (Lipinski definition) is 4. The molecule has 0 radical (unpaired) electrons. The maximum Gasteiger partial charge on any atom is 0.321 e. The predicted octanol–water partition coefficient (Wildman–Crippen LogP) is 4.06. The van der Waals surface area contributed by atoms with Gasteiger partial charge in [-0.3, -0.25) is 14.9 Å². The van der Waals surface area contributed by atoms with Gasteiger partial charge in [0.05, 0.1) is 33.7 Å². The second kappa shape index (κ2) is 6.87. The van der Waals surface area contributed by atoms with Gasteiger partial charge in [-0.1, -0.05) is 41.4 Å². The summed E-state index contributed by atoms with van der Waals surface area (Å²) in [7, 11) is 0. The van der Waals surface area contributed by atoms with Gasteiger partial charge in [0.25, 0.3) is 0 Å². The average Bonchev–Trinajstić information content (AvgIpc) is 3.00. The lowest BCUT2D eigenvalue weighted by Crippen LogP contribution is -2.43. The van der Waals surface area contributed by atoms with Gasteiger partial charge in [0.1, 0.15) is 0 Å². The molecule has 0 unspecified atom stereocenters. The van der Waals surface area contributed by atoms with Crippen molar-refractivity contribution in [2.24, 2.45) is 5.92 Å². The Bertz CT molecular complexity index is 1060. The number of fused-ring (bicyclic) bond motifs is 3. The largest absolute Gasteiger partial charge is 0.465 e. The smallest absolute Gasteiger partial charge is 0.321 e. The van der Waals surface area contributed by atoms with E-state index < -0.39 is 23.8 Å². The molecule has 27 heavy (non-hydrogen) atoms. The van der Waals surface area contributed by atoms with E-state index in [0.29, 0.717) is 27.1 Å². The number of esters is 1. The summed E-state index contributed by atoms with van der Waals surface area (Å²) in [6.07, 6.45) is 0. The number of rotatable bonds is 3. The zero-order valence-electron chi connectivity index (χ0n) is 14.3. The summed E-state index contributed by atoms with van der Waals surface area (Å²) in [4.78, 5) is 29.9. The molecule has 4 rings (SSSR count). The Balaban J connectivity index is 1.97. The first-order chi connectivity index (χ1) is 13.0. The number of halogens is 2. The second-order valence-corrected chi connectivity index (χ2v) is 6.95. The highest BCUT2D eigenvalue weighted by atomic mass is 35.5. The zero-order chi connectivity index (χ0) is 19.1. The van der Waals surface area contributed by atoms with Gasteiger partial charge in [-0.15, -0.1) is 0 Å². The maximum absolute atomic E-state index is 12.8. The third-order valence-electron chi connectivity index (χ3n) is 4.53. The molecule has 0 saturated carbocycles. The van der Waals surface area contributed by atoms with Crippen molar-refractivity contribution in [2.45, 2.75) is 13.0 Å². The van der Waals surface area contributed by atoms with Crippen LogP contribution in [0.25, 0.3) is 11.0 Å². The third-order valence-corrected chi connectivity index (χ3v) is 5.27. The first-order valence-electron chi connectivity index (χ1n) is 8.40. The topological polar surface area (TPSA) is 73.2 Å². The molecule has 1 aliphatic rings. The lowest BCUT2D eigenvalue weighted by atomic mass is 9.90. The van der Waals surface area contributed by atoms with Crippen LogP contribution in [0.3, 0.4) is 0 Å². The van der Waals surface area contributed by atoms with E-state index >= 15 is 0 Å². The van der Waals surface area contributed by atoms with E-state index in [9.17, 15) is 9.59 Å². The molecular weight excluding hydrogens is 389 g/mol. The summed E-state index contributed by atoms with van der Waals surface area (Å²) in [6.45, 7) is 1.87. The molecule has 138 valence electrons. The first kappa shape index (κ1) is 17.8. The zero-order valence-corrected chi connectivity index (χ0v) is 15.8. The molecule has 1 aromatic heterocycles. The molecule has 8 heteroatoms. The van der Waals surface area contributed by atoms with Crippen LogP contribution in [-0.2, 0) is 14.3 Å². The van der Waals surface area contributed by atoms with Crippen LogP contribution < -0.4 is 5.32 Å². The fourth-order valence-electron chi connectivity index (χ4n) is 3.40. The van der Waals surface area contributed by atoms with E-state index in [2.05, 4.69) is 10.3 Å². The van der Waals surface area contributed by atoms with Crippen molar-refractivity contribution in [3.05, 3.63) is 58.1 Å². The number of ether oxygens (including phenoxy) is 1. The van der Waals surface area contributed by atoms with Crippen LogP contribution in [0.15, 0.2) is 42.5 Å². The van der Waals surface area contributed by atoms with Gasteiger partial charge >= 0.3 is 5.97 Å². The van der Waals surface area contributed by atoms with Crippen LogP contribution >= 0.6 is 23.2 Å². The van der Waals surface area contributed by atoms with Gasteiger partial charge < -0.3 is 9.30 Å². The Morgan fingerprint density at radius 2 is 2.00 bits per heavy atom. The van der Waals surface area contributed by atoms with Crippen LogP contribution in [0.2, 0.25) is 10.0 Å².